The van der Waals surface area contributed by atoms with E-state index in [1.54, 1.807) is 42.5 Å². The number of allylic oxidation sites excluding steroid dienone is 1. The maximum Gasteiger partial charge on any atom is 0.260 e. The number of hydrogen-bond donors (Lipinski definition) is 1. The third-order valence-corrected chi connectivity index (χ3v) is 4.92. The van der Waals surface area contributed by atoms with Gasteiger partial charge in [-0.3, -0.25) is 9.59 Å². The lowest BCUT2D eigenvalue weighted by Crippen LogP contribution is -2.18. The van der Waals surface area contributed by atoms with Crippen LogP contribution in [0.1, 0.15) is 15.9 Å². The number of rotatable bonds is 4. The van der Waals surface area contributed by atoms with Crippen molar-refractivity contribution < 1.29 is 13.6 Å². The molecule has 3 nitrogen and oxygen atoms in total. The van der Waals surface area contributed by atoms with Crippen LogP contribution in [0.2, 0.25) is 5.02 Å². The van der Waals surface area contributed by atoms with E-state index in [0.29, 0.717) is 27.1 Å². The van der Waals surface area contributed by atoms with Gasteiger partial charge in [0.1, 0.15) is 11.6 Å². The fourth-order valence-electron chi connectivity index (χ4n) is 3.32. The molecule has 0 saturated carbocycles. The molecule has 1 aromatic heterocycles. The highest BCUT2D eigenvalue weighted by Crippen LogP contribution is 2.31. The Morgan fingerprint density at radius 2 is 1.63 bits per heavy atom. The van der Waals surface area contributed by atoms with E-state index in [1.165, 1.54) is 6.07 Å². The molecule has 1 N–H and O–H groups in total. The van der Waals surface area contributed by atoms with Crippen molar-refractivity contribution >= 4 is 34.4 Å². The number of fused-ring (bicyclic) bond motifs is 1. The minimum absolute atomic E-state index is 0.135. The number of H-pyrrole nitrogens is 1. The first-order valence-electron chi connectivity index (χ1n) is 9.03. The fraction of sp³-hybridized carbons (Fsp3) is 0. The largest absolute Gasteiger partial charge is 0.321 e. The number of benzene rings is 3. The lowest BCUT2D eigenvalue weighted by atomic mass is 9.94. The highest BCUT2D eigenvalue weighted by Gasteiger charge is 2.19. The van der Waals surface area contributed by atoms with Crippen molar-refractivity contribution in [2.24, 2.45) is 0 Å². The molecule has 4 aromatic rings. The zero-order valence-electron chi connectivity index (χ0n) is 15.5. The van der Waals surface area contributed by atoms with Crippen LogP contribution in [-0.4, -0.2) is 10.8 Å². The summed E-state index contributed by atoms with van der Waals surface area (Å²) in [4.78, 5) is 28.5. The van der Waals surface area contributed by atoms with Gasteiger partial charge >= 0.3 is 0 Å². The van der Waals surface area contributed by atoms with Gasteiger partial charge in [-0.25, -0.2) is 8.78 Å². The first kappa shape index (κ1) is 19.7. The van der Waals surface area contributed by atoms with Crippen molar-refractivity contribution in [1.82, 2.24) is 4.98 Å². The van der Waals surface area contributed by atoms with Crippen molar-refractivity contribution in [3.05, 3.63) is 111 Å². The third-order valence-electron chi connectivity index (χ3n) is 4.69. The van der Waals surface area contributed by atoms with Crippen LogP contribution in [0, 0.1) is 11.6 Å². The lowest BCUT2D eigenvalue weighted by molar-refractivity contribution is 0.104. The number of nitrogens with one attached hydrogen (secondary N) is 1. The lowest BCUT2D eigenvalue weighted by Gasteiger charge is -2.11. The molecule has 0 aliphatic carbocycles. The molecule has 4 rings (SSSR count). The zero-order chi connectivity index (χ0) is 21.3. The molecule has 0 spiro atoms. The summed E-state index contributed by atoms with van der Waals surface area (Å²) < 4.78 is 27.8. The molecule has 0 bridgehead atoms. The Kier molecular flexibility index (Phi) is 5.29. The molecule has 0 saturated heterocycles. The first-order chi connectivity index (χ1) is 14.5. The summed E-state index contributed by atoms with van der Waals surface area (Å²) in [5.74, 6) is -2.29. The van der Waals surface area contributed by atoms with Crippen molar-refractivity contribution in [3.63, 3.8) is 0 Å². The average molecular weight is 422 g/mol. The predicted molar refractivity (Wildman–Crippen MR) is 115 cm³/mol. The van der Waals surface area contributed by atoms with Crippen LogP contribution >= 0.6 is 11.6 Å². The Balaban J connectivity index is 1.94. The van der Waals surface area contributed by atoms with Crippen molar-refractivity contribution in [3.8, 4) is 11.1 Å². The summed E-state index contributed by atoms with van der Waals surface area (Å²) in [6, 6.07) is 17.3. The molecule has 6 heteroatoms. The number of pyridine rings is 1. The van der Waals surface area contributed by atoms with Crippen molar-refractivity contribution in [2.45, 2.75) is 0 Å². The molecule has 0 atom stereocenters. The first-order valence-corrected chi connectivity index (χ1v) is 9.41. The summed E-state index contributed by atoms with van der Waals surface area (Å²) in [5.41, 5.74) is 0.470. The van der Waals surface area contributed by atoms with E-state index in [2.05, 4.69) is 4.98 Å². The molecule has 1 heterocycles. The normalized spacial score (nSPS) is 11.3. The highest BCUT2D eigenvalue weighted by molar-refractivity contribution is 6.31. The maximum atomic E-state index is 13.9. The second kappa shape index (κ2) is 8.05. The van der Waals surface area contributed by atoms with Crippen LogP contribution in [0.15, 0.2) is 77.6 Å². The zero-order valence-corrected chi connectivity index (χ0v) is 16.2. The standard InChI is InChI=1S/C24H14ClF2NO2/c25-15-9-11-20-17(13-15)22(14-5-2-1-3-6-14)23(24(30)28-20)21(29)12-10-16-18(26)7-4-8-19(16)27/h1-13H,(H,28,30). The Labute approximate surface area is 175 Å². The Bertz CT molecular complexity index is 1340. The molecule has 3 aromatic carbocycles. The summed E-state index contributed by atoms with van der Waals surface area (Å²) >= 11 is 6.15. The third kappa shape index (κ3) is 3.67. The van der Waals surface area contributed by atoms with Gasteiger partial charge in [0, 0.05) is 27.1 Å². The molecular formula is C24H14ClF2NO2. The van der Waals surface area contributed by atoms with Gasteiger partial charge < -0.3 is 4.98 Å². The minimum atomic E-state index is -0.804. The summed E-state index contributed by atoms with van der Waals surface area (Å²) in [6.07, 6.45) is 2.03. The highest BCUT2D eigenvalue weighted by atomic mass is 35.5. The van der Waals surface area contributed by atoms with Crippen LogP contribution in [-0.2, 0) is 0 Å². The number of hydrogen-bond acceptors (Lipinski definition) is 2. The van der Waals surface area contributed by atoms with Crippen LogP contribution in [0.4, 0.5) is 8.78 Å². The van der Waals surface area contributed by atoms with Gasteiger partial charge in [0.25, 0.3) is 5.56 Å². The van der Waals surface area contributed by atoms with E-state index >= 15 is 0 Å². The Hall–Kier alpha value is -3.57. The Morgan fingerprint density at radius 3 is 2.33 bits per heavy atom. The van der Waals surface area contributed by atoms with Crippen LogP contribution in [0.25, 0.3) is 28.1 Å². The van der Waals surface area contributed by atoms with E-state index in [4.69, 9.17) is 11.6 Å². The van der Waals surface area contributed by atoms with E-state index in [0.717, 1.165) is 24.3 Å². The van der Waals surface area contributed by atoms with Gasteiger partial charge in [-0.05, 0) is 48.0 Å². The number of halogens is 3. The van der Waals surface area contributed by atoms with Crippen LogP contribution in [0.5, 0.6) is 0 Å². The number of aromatic amines is 1. The molecule has 0 amide bonds. The Morgan fingerprint density at radius 1 is 0.933 bits per heavy atom. The minimum Gasteiger partial charge on any atom is -0.321 e. The quantitative estimate of drug-likeness (QED) is 0.323. The summed E-state index contributed by atoms with van der Waals surface area (Å²) in [5, 5.41) is 1.02. The second-order valence-corrected chi connectivity index (χ2v) is 7.03. The number of aromatic nitrogens is 1. The predicted octanol–water partition coefficient (Wildman–Crippen LogP) is 6.02. The van der Waals surface area contributed by atoms with E-state index < -0.39 is 23.0 Å². The SMILES string of the molecule is O=C(C=Cc1c(F)cccc1F)c1c(-c2ccccc2)c2cc(Cl)ccc2[nH]c1=O. The molecular weight excluding hydrogens is 408 g/mol. The van der Waals surface area contributed by atoms with Crippen molar-refractivity contribution in [2.75, 3.05) is 0 Å². The number of carbonyl (C=O) groups excluding carboxylic acids is 1. The number of ketones is 1. The van der Waals surface area contributed by atoms with Crippen molar-refractivity contribution in [1.29, 1.82) is 0 Å². The summed E-state index contributed by atoms with van der Waals surface area (Å²) in [6.45, 7) is 0. The monoisotopic (exact) mass is 421 g/mol. The molecule has 0 aliphatic heterocycles. The maximum absolute atomic E-state index is 13.9. The molecule has 30 heavy (non-hydrogen) atoms. The average Bonchev–Trinajstić information content (AvgIpc) is 2.73. The van der Waals surface area contributed by atoms with Crippen LogP contribution in [0.3, 0.4) is 0 Å². The molecule has 0 fully saturated rings. The van der Waals surface area contributed by atoms with Gasteiger partial charge in [0.2, 0.25) is 0 Å². The van der Waals surface area contributed by atoms with E-state index in [1.807, 2.05) is 6.07 Å². The van der Waals surface area contributed by atoms with Crippen LogP contribution < -0.4 is 5.56 Å². The second-order valence-electron chi connectivity index (χ2n) is 6.59. The molecule has 0 radical (unpaired) electrons. The van der Waals surface area contributed by atoms with Gasteiger partial charge in [-0.15, -0.1) is 0 Å². The molecule has 0 aliphatic rings. The molecule has 148 valence electrons. The fourth-order valence-corrected chi connectivity index (χ4v) is 3.49. The number of carbonyl (C=O) groups is 1. The summed E-state index contributed by atoms with van der Waals surface area (Å²) in [7, 11) is 0. The van der Waals surface area contributed by atoms with Gasteiger partial charge in [-0.2, -0.15) is 0 Å². The van der Waals surface area contributed by atoms with Gasteiger partial charge in [0.15, 0.2) is 5.78 Å². The van der Waals surface area contributed by atoms with E-state index in [9.17, 15) is 18.4 Å². The van der Waals surface area contributed by atoms with Gasteiger partial charge in [-0.1, -0.05) is 48.0 Å². The van der Waals surface area contributed by atoms with Gasteiger partial charge in [0.05, 0.1) is 5.56 Å². The topological polar surface area (TPSA) is 49.9 Å². The van der Waals surface area contributed by atoms with E-state index in [-0.39, 0.29) is 11.1 Å². The smallest absolute Gasteiger partial charge is 0.260 e. The molecule has 0 unspecified atom stereocenters.